The maximum absolute atomic E-state index is 11.3. The van der Waals surface area contributed by atoms with Crippen LogP contribution in [0, 0.1) is 0 Å². The fourth-order valence-electron chi connectivity index (χ4n) is 2.72. The van der Waals surface area contributed by atoms with Crippen LogP contribution in [0.15, 0.2) is 48.5 Å². The summed E-state index contributed by atoms with van der Waals surface area (Å²) >= 11 is 1.20. The molecule has 0 aliphatic rings. The van der Waals surface area contributed by atoms with Crippen LogP contribution in [-0.4, -0.2) is 29.3 Å². The minimum absolute atomic E-state index is 0.307. The molecule has 0 aliphatic carbocycles. The lowest BCUT2D eigenvalue weighted by Crippen LogP contribution is -2.08. The molecule has 0 spiro atoms. The second kappa shape index (κ2) is 9.37. The summed E-state index contributed by atoms with van der Waals surface area (Å²) in [6.07, 6.45) is 1.61. The van der Waals surface area contributed by atoms with Crippen LogP contribution >= 0.6 is 11.3 Å². The number of carboxylic acids is 1. The Morgan fingerprint density at radius 1 is 0.929 bits per heavy atom. The van der Waals surface area contributed by atoms with Gasteiger partial charge in [0, 0.05) is 5.56 Å². The van der Waals surface area contributed by atoms with Gasteiger partial charge >= 0.3 is 5.97 Å². The first-order valence-corrected chi connectivity index (χ1v) is 10.1. The molecule has 5 nitrogen and oxygen atoms in total. The quantitative estimate of drug-likeness (QED) is 0.509. The predicted octanol–water partition coefficient (Wildman–Crippen LogP) is 5.09. The second-order valence-corrected chi connectivity index (χ2v) is 7.17. The van der Waals surface area contributed by atoms with Crippen LogP contribution in [0.2, 0.25) is 0 Å². The van der Waals surface area contributed by atoms with Crippen LogP contribution in [0.1, 0.15) is 34.8 Å². The molecule has 0 saturated carbocycles. The Bertz CT molecular complexity index is 917. The SMILES string of the molecule is CCc1ccc(OCCOc2ccc(-c3nc(CC)c(C(=O)O)s3)cc2)cc1. The molecule has 1 N–H and O–H groups in total. The predicted molar refractivity (Wildman–Crippen MR) is 111 cm³/mol. The molecule has 0 saturated heterocycles. The number of nitrogens with zero attached hydrogens (tertiary/aromatic N) is 1. The lowest BCUT2D eigenvalue weighted by molar-refractivity contribution is 0.0701. The molecule has 3 aromatic rings. The smallest absolute Gasteiger partial charge is 0.347 e. The molecule has 0 fully saturated rings. The third-order valence-corrected chi connectivity index (χ3v) is 5.41. The third-order valence-electron chi connectivity index (χ3n) is 4.28. The van der Waals surface area contributed by atoms with Crippen LogP contribution < -0.4 is 9.47 Å². The third kappa shape index (κ3) is 4.89. The van der Waals surface area contributed by atoms with Gasteiger partial charge in [0.25, 0.3) is 0 Å². The number of ether oxygens (including phenoxy) is 2. The standard InChI is InChI=1S/C22H23NO4S/c1-3-15-5-9-17(10-6-15)26-13-14-27-18-11-7-16(8-12-18)21-23-19(4-2)20(28-21)22(24)25/h5-12H,3-4,13-14H2,1-2H3,(H,24,25). The van der Waals surface area contributed by atoms with Crippen LogP contribution in [0.4, 0.5) is 0 Å². The summed E-state index contributed by atoms with van der Waals surface area (Å²) in [7, 11) is 0. The summed E-state index contributed by atoms with van der Waals surface area (Å²) in [5, 5.41) is 9.98. The zero-order valence-electron chi connectivity index (χ0n) is 16.0. The van der Waals surface area contributed by atoms with Crippen molar-refractivity contribution >= 4 is 17.3 Å². The molecular formula is C22H23NO4S. The van der Waals surface area contributed by atoms with E-state index in [0.29, 0.717) is 35.2 Å². The largest absolute Gasteiger partial charge is 0.490 e. The summed E-state index contributed by atoms with van der Waals surface area (Å²) in [6.45, 7) is 4.93. The van der Waals surface area contributed by atoms with E-state index < -0.39 is 5.97 Å². The molecule has 0 aliphatic heterocycles. The first kappa shape index (κ1) is 19.9. The van der Waals surface area contributed by atoms with Gasteiger partial charge in [-0.05, 0) is 54.8 Å². The molecule has 0 atom stereocenters. The van der Waals surface area contributed by atoms with Crippen molar-refractivity contribution in [1.82, 2.24) is 4.98 Å². The van der Waals surface area contributed by atoms with Gasteiger partial charge in [-0.3, -0.25) is 0 Å². The number of aryl methyl sites for hydroxylation is 2. The van der Waals surface area contributed by atoms with E-state index >= 15 is 0 Å². The van der Waals surface area contributed by atoms with E-state index in [1.54, 1.807) is 0 Å². The van der Waals surface area contributed by atoms with Gasteiger partial charge in [-0.15, -0.1) is 11.3 Å². The van der Waals surface area contributed by atoms with Crippen molar-refractivity contribution in [1.29, 1.82) is 0 Å². The van der Waals surface area contributed by atoms with Crippen LogP contribution in [0.3, 0.4) is 0 Å². The van der Waals surface area contributed by atoms with Crippen LogP contribution in [-0.2, 0) is 12.8 Å². The van der Waals surface area contributed by atoms with Gasteiger partial charge in [0.05, 0.1) is 5.69 Å². The molecule has 28 heavy (non-hydrogen) atoms. The van der Waals surface area contributed by atoms with Crippen molar-refractivity contribution in [2.75, 3.05) is 13.2 Å². The van der Waals surface area contributed by atoms with Crippen LogP contribution in [0.5, 0.6) is 11.5 Å². The van der Waals surface area contributed by atoms with Gasteiger partial charge in [-0.2, -0.15) is 0 Å². The maximum atomic E-state index is 11.3. The molecule has 3 rings (SSSR count). The summed E-state index contributed by atoms with van der Waals surface area (Å²) < 4.78 is 11.4. The normalized spacial score (nSPS) is 10.6. The summed E-state index contributed by atoms with van der Waals surface area (Å²) in [6, 6.07) is 15.6. The number of carbonyl (C=O) groups is 1. The Kier molecular flexibility index (Phi) is 6.66. The highest BCUT2D eigenvalue weighted by molar-refractivity contribution is 7.17. The number of rotatable bonds is 9. The summed E-state index contributed by atoms with van der Waals surface area (Å²) in [5.74, 6) is 0.644. The van der Waals surface area contributed by atoms with Crippen molar-refractivity contribution < 1.29 is 19.4 Å². The topological polar surface area (TPSA) is 68.7 Å². The first-order valence-electron chi connectivity index (χ1n) is 9.28. The maximum Gasteiger partial charge on any atom is 0.347 e. The van der Waals surface area contributed by atoms with E-state index in [1.807, 2.05) is 43.3 Å². The first-order chi connectivity index (χ1) is 13.6. The molecule has 0 radical (unpaired) electrons. The van der Waals surface area contributed by atoms with E-state index in [0.717, 1.165) is 23.5 Å². The number of hydrogen-bond donors (Lipinski definition) is 1. The Balaban J connectivity index is 1.53. The number of benzene rings is 2. The molecule has 0 amide bonds. The van der Waals surface area contributed by atoms with E-state index in [4.69, 9.17) is 9.47 Å². The minimum atomic E-state index is -0.926. The fourth-order valence-corrected chi connectivity index (χ4v) is 3.71. The molecule has 6 heteroatoms. The lowest BCUT2D eigenvalue weighted by atomic mass is 10.2. The Morgan fingerprint density at radius 2 is 1.50 bits per heavy atom. The van der Waals surface area contributed by atoms with E-state index in [2.05, 4.69) is 24.0 Å². The average Bonchev–Trinajstić information content (AvgIpc) is 3.17. The fraction of sp³-hybridized carbons (Fsp3) is 0.273. The van der Waals surface area contributed by atoms with Crippen molar-refractivity contribution in [3.63, 3.8) is 0 Å². The number of thiazole rings is 1. The number of aromatic carboxylic acids is 1. The van der Waals surface area contributed by atoms with Crippen molar-refractivity contribution in [3.05, 3.63) is 64.7 Å². The van der Waals surface area contributed by atoms with Crippen molar-refractivity contribution in [3.8, 4) is 22.1 Å². The van der Waals surface area contributed by atoms with E-state index in [-0.39, 0.29) is 0 Å². The van der Waals surface area contributed by atoms with E-state index in [9.17, 15) is 9.90 Å². The lowest BCUT2D eigenvalue weighted by Gasteiger charge is -2.09. The van der Waals surface area contributed by atoms with Gasteiger partial charge in [0.1, 0.15) is 34.6 Å². The highest BCUT2D eigenvalue weighted by atomic mass is 32.1. The van der Waals surface area contributed by atoms with Crippen molar-refractivity contribution in [2.24, 2.45) is 0 Å². The van der Waals surface area contributed by atoms with Crippen LogP contribution in [0.25, 0.3) is 10.6 Å². The highest BCUT2D eigenvalue weighted by Gasteiger charge is 2.16. The van der Waals surface area contributed by atoms with Gasteiger partial charge in [-0.1, -0.05) is 26.0 Å². The van der Waals surface area contributed by atoms with Gasteiger partial charge < -0.3 is 14.6 Å². The molecule has 1 heterocycles. The summed E-state index contributed by atoms with van der Waals surface area (Å²) in [5.41, 5.74) is 2.79. The van der Waals surface area contributed by atoms with Gasteiger partial charge in [0.2, 0.25) is 0 Å². The van der Waals surface area contributed by atoms with E-state index in [1.165, 1.54) is 16.9 Å². The second-order valence-electron chi connectivity index (χ2n) is 6.17. The van der Waals surface area contributed by atoms with Crippen molar-refractivity contribution in [2.45, 2.75) is 26.7 Å². The Morgan fingerprint density at radius 3 is 1.96 bits per heavy atom. The molecule has 1 aromatic heterocycles. The molecule has 0 bridgehead atoms. The molecular weight excluding hydrogens is 374 g/mol. The molecule has 0 unspecified atom stereocenters. The molecule has 146 valence electrons. The zero-order chi connectivity index (χ0) is 19.9. The highest BCUT2D eigenvalue weighted by Crippen LogP contribution is 2.29. The van der Waals surface area contributed by atoms with Gasteiger partial charge in [0.15, 0.2) is 0 Å². The minimum Gasteiger partial charge on any atom is -0.490 e. The van der Waals surface area contributed by atoms with Gasteiger partial charge in [-0.25, -0.2) is 9.78 Å². The molecule has 2 aromatic carbocycles. The Hall–Kier alpha value is -2.86. The number of hydrogen-bond acceptors (Lipinski definition) is 5. The average molecular weight is 397 g/mol. The number of aromatic nitrogens is 1. The zero-order valence-corrected chi connectivity index (χ0v) is 16.8. The monoisotopic (exact) mass is 397 g/mol. The summed E-state index contributed by atoms with van der Waals surface area (Å²) in [4.78, 5) is 16.1. The number of carboxylic acid groups (broad SMARTS) is 1. The Labute approximate surface area is 168 Å².